The van der Waals surface area contributed by atoms with Crippen molar-refractivity contribution in [1.29, 1.82) is 0 Å². The van der Waals surface area contributed by atoms with E-state index >= 15 is 0 Å². The highest BCUT2D eigenvalue weighted by molar-refractivity contribution is 6.31. The third-order valence-electron chi connectivity index (χ3n) is 2.80. The maximum Gasteiger partial charge on any atom is 0.0487 e. The summed E-state index contributed by atoms with van der Waals surface area (Å²) in [5.41, 5.74) is 7.05. The number of aromatic nitrogens is 1. The van der Waals surface area contributed by atoms with E-state index in [1.807, 2.05) is 6.07 Å². The molecule has 70 valence electrons. The van der Waals surface area contributed by atoms with E-state index in [0.717, 1.165) is 23.4 Å². The lowest BCUT2D eigenvalue weighted by Gasteiger charge is -2.24. The van der Waals surface area contributed by atoms with E-state index < -0.39 is 0 Å². The van der Waals surface area contributed by atoms with Crippen molar-refractivity contribution in [3.05, 3.63) is 29.0 Å². The number of halogens is 1. The fourth-order valence-electron chi connectivity index (χ4n) is 2.02. The third kappa shape index (κ3) is 1.56. The van der Waals surface area contributed by atoms with E-state index in [9.17, 15) is 0 Å². The van der Waals surface area contributed by atoms with Gasteiger partial charge in [-0.15, -0.1) is 0 Å². The highest BCUT2D eigenvalue weighted by Gasteiger charge is 2.32. The van der Waals surface area contributed by atoms with E-state index in [1.165, 1.54) is 12.8 Å². The van der Waals surface area contributed by atoms with Gasteiger partial charge < -0.3 is 5.73 Å². The highest BCUT2D eigenvalue weighted by atomic mass is 35.5. The Morgan fingerprint density at radius 1 is 1.38 bits per heavy atom. The van der Waals surface area contributed by atoms with Crippen LogP contribution in [0.25, 0.3) is 0 Å². The monoisotopic (exact) mass is 196 g/mol. The van der Waals surface area contributed by atoms with Crippen LogP contribution in [0.5, 0.6) is 0 Å². The summed E-state index contributed by atoms with van der Waals surface area (Å²) < 4.78 is 0. The molecular formula is C10H13ClN2. The number of rotatable bonds is 1. The van der Waals surface area contributed by atoms with Crippen LogP contribution in [-0.4, -0.2) is 4.98 Å². The van der Waals surface area contributed by atoms with Crippen LogP contribution in [0, 0.1) is 0 Å². The van der Waals surface area contributed by atoms with Gasteiger partial charge in [0.15, 0.2) is 0 Å². The maximum atomic E-state index is 6.26. The summed E-state index contributed by atoms with van der Waals surface area (Å²) in [6, 6.07) is 1.81. The fourth-order valence-corrected chi connectivity index (χ4v) is 2.31. The molecule has 0 spiro atoms. The van der Waals surface area contributed by atoms with Crippen LogP contribution >= 0.6 is 11.6 Å². The summed E-state index contributed by atoms with van der Waals surface area (Å²) >= 11 is 6.07. The van der Waals surface area contributed by atoms with E-state index in [1.54, 1.807) is 12.4 Å². The second-order valence-electron chi connectivity index (χ2n) is 3.72. The van der Waals surface area contributed by atoms with Crippen LogP contribution in [0.3, 0.4) is 0 Å². The summed E-state index contributed by atoms with van der Waals surface area (Å²) in [6.07, 6.45) is 7.94. The Bertz CT molecular complexity index is 306. The number of nitrogens with two attached hydrogens (primary N) is 1. The van der Waals surface area contributed by atoms with Crippen LogP contribution in [0.1, 0.15) is 31.2 Å². The van der Waals surface area contributed by atoms with Crippen molar-refractivity contribution in [3.8, 4) is 0 Å². The third-order valence-corrected chi connectivity index (χ3v) is 3.13. The quantitative estimate of drug-likeness (QED) is 0.750. The van der Waals surface area contributed by atoms with Gasteiger partial charge in [-0.25, -0.2) is 0 Å². The Morgan fingerprint density at radius 2 is 2.08 bits per heavy atom. The molecule has 1 heterocycles. The van der Waals surface area contributed by atoms with Gasteiger partial charge in [0.05, 0.1) is 0 Å². The van der Waals surface area contributed by atoms with E-state index in [0.29, 0.717) is 0 Å². The van der Waals surface area contributed by atoms with Crippen molar-refractivity contribution >= 4 is 11.6 Å². The minimum absolute atomic E-state index is 0.217. The molecule has 2 N–H and O–H groups in total. The normalized spacial score (nSPS) is 20.5. The summed E-state index contributed by atoms with van der Waals surface area (Å²) in [5.74, 6) is 0. The minimum atomic E-state index is -0.217. The molecule has 1 aromatic heterocycles. The topological polar surface area (TPSA) is 38.9 Å². The van der Waals surface area contributed by atoms with Crippen LogP contribution < -0.4 is 5.73 Å². The van der Waals surface area contributed by atoms with Crippen molar-refractivity contribution in [2.24, 2.45) is 5.73 Å². The molecule has 2 nitrogen and oxygen atoms in total. The standard InChI is InChI=1S/C10H13ClN2/c11-9-3-6-13-7-8(9)10(12)4-1-2-5-10/h3,6-7H,1-2,4-5,12H2. The summed E-state index contributed by atoms with van der Waals surface area (Å²) in [5, 5.41) is 0.749. The zero-order valence-electron chi connectivity index (χ0n) is 7.46. The Labute approximate surface area is 83.1 Å². The Kier molecular flexibility index (Phi) is 2.26. The average molecular weight is 197 g/mol. The number of hydrogen-bond acceptors (Lipinski definition) is 2. The first kappa shape index (κ1) is 8.97. The molecule has 1 fully saturated rings. The predicted molar refractivity (Wildman–Crippen MR) is 53.6 cm³/mol. The van der Waals surface area contributed by atoms with Gasteiger partial charge in [-0.1, -0.05) is 24.4 Å². The summed E-state index contributed by atoms with van der Waals surface area (Å²) in [7, 11) is 0. The predicted octanol–water partition coefficient (Wildman–Crippen LogP) is 2.46. The molecule has 0 unspecified atom stereocenters. The van der Waals surface area contributed by atoms with Gasteiger partial charge in [0.25, 0.3) is 0 Å². The van der Waals surface area contributed by atoms with Crippen molar-refractivity contribution in [2.75, 3.05) is 0 Å². The zero-order chi connectivity index (χ0) is 9.31. The van der Waals surface area contributed by atoms with Crippen LogP contribution in [-0.2, 0) is 5.54 Å². The van der Waals surface area contributed by atoms with Crippen molar-refractivity contribution < 1.29 is 0 Å². The largest absolute Gasteiger partial charge is 0.321 e. The van der Waals surface area contributed by atoms with E-state index in [2.05, 4.69) is 4.98 Å². The minimum Gasteiger partial charge on any atom is -0.321 e. The number of nitrogens with zero attached hydrogens (tertiary/aromatic N) is 1. The first-order chi connectivity index (χ1) is 6.22. The van der Waals surface area contributed by atoms with Gasteiger partial charge in [0.2, 0.25) is 0 Å². The lowest BCUT2D eigenvalue weighted by atomic mass is 9.91. The molecule has 1 aliphatic carbocycles. The molecule has 0 aromatic carbocycles. The van der Waals surface area contributed by atoms with Gasteiger partial charge in [-0.2, -0.15) is 0 Å². The van der Waals surface area contributed by atoms with Crippen molar-refractivity contribution in [3.63, 3.8) is 0 Å². The molecule has 3 heteroatoms. The van der Waals surface area contributed by atoms with Crippen molar-refractivity contribution in [1.82, 2.24) is 4.98 Å². The average Bonchev–Trinajstić information content (AvgIpc) is 2.54. The lowest BCUT2D eigenvalue weighted by Crippen LogP contribution is -2.33. The highest BCUT2D eigenvalue weighted by Crippen LogP contribution is 2.38. The molecule has 0 saturated heterocycles. The van der Waals surface area contributed by atoms with Crippen molar-refractivity contribution in [2.45, 2.75) is 31.2 Å². The van der Waals surface area contributed by atoms with Gasteiger partial charge >= 0.3 is 0 Å². The van der Waals surface area contributed by atoms with Crippen LogP contribution in [0.4, 0.5) is 0 Å². The zero-order valence-corrected chi connectivity index (χ0v) is 8.22. The second kappa shape index (κ2) is 3.28. The Morgan fingerprint density at radius 3 is 2.69 bits per heavy atom. The molecule has 0 atom stereocenters. The molecule has 0 aliphatic heterocycles. The van der Waals surface area contributed by atoms with Crippen LogP contribution in [0.2, 0.25) is 5.02 Å². The van der Waals surface area contributed by atoms with Gasteiger partial charge in [-0.3, -0.25) is 4.98 Å². The molecule has 13 heavy (non-hydrogen) atoms. The Hall–Kier alpha value is -0.600. The maximum absolute atomic E-state index is 6.26. The lowest BCUT2D eigenvalue weighted by molar-refractivity contribution is 0.460. The van der Waals surface area contributed by atoms with E-state index in [-0.39, 0.29) is 5.54 Å². The smallest absolute Gasteiger partial charge is 0.0487 e. The van der Waals surface area contributed by atoms with Gasteiger partial charge in [-0.05, 0) is 18.9 Å². The van der Waals surface area contributed by atoms with Gasteiger partial charge in [0, 0.05) is 28.5 Å². The molecule has 1 aliphatic rings. The molecule has 1 aromatic rings. The SMILES string of the molecule is NC1(c2cnccc2Cl)CCCC1. The first-order valence-corrected chi connectivity index (χ1v) is 4.99. The molecule has 1 saturated carbocycles. The number of hydrogen-bond donors (Lipinski definition) is 1. The molecule has 0 amide bonds. The second-order valence-corrected chi connectivity index (χ2v) is 4.13. The molecule has 0 radical (unpaired) electrons. The number of pyridine rings is 1. The molecule has 0 bridgehead atoms. The fraction of sp³-hybridized carbons (Fsp3) is 0.500. The van der Waals surface area contributed by atoms with E-state index in [4.69, 9.17) is 17.3 Å². The Balaban J connectivity index is 2.39. The molecule has 2 rings (SSSR count). The first-order valence-electron chi connectivity index (χ1n) is 4.61. The van der Waals surface area contributed by atoms with Gasteiger partial charge in [0.1, 0.15) is 0 Å². The summed E-state index contributed by atoms with van der Waals surface area (Å²) in [6.45, 7) is 0. The molecular weight excluding hydrogens is 184 g/mol. The summed E-state index contributed by atoms with van der Waals surface area (Å²) in [4.78, 5) is 4.07. The van der Waals surface area contributed by atoms with Crippen LogP contribution in [0.15, 0.2) is 18.5 Å².